The molecule has 2 aromatic rings. The molecule has 0 aliphatic rings. The molecule has 2 rings (SSSR count). The van der Waals surface area contributed by atoms with Gasteiger partial charge in [-0.25, -0.2) is 11.6 Å². The van der Waals surface area contributed by atoms with Crippen molar-refractivity contribution in [2.24, 2.45) is 0 Å². The lowest BCUT2D eigenvalue weighted by atomic mass is 10.3. The van der Waals surface area contributed by atoms with Crippen molar-refractivity contribution in [3.8, 4) is 0 Å². The van der Waals surface area contributed by atoms with E-state index in [0.717, 1.165) is 17.8 Å². The average molecular weight is 172 g/mol. The summed E-state index contributed by atoms with van der Waals surface area (Å²) in [5, 5.41) is 0. The lowest BCUT2D eigenvalue weighted by Gasteiger charge is -1.95. The van der Waals surface area contributed by atoms with E-state index < -0.39 is 0 Å². The summed E-state index contributed by atoms with van der Waals surface area (Å²) in [6.07, 6.45) is 7.83. The molecule has 0 spiro atoms. The summed E-state index contributed by atoms with van der Waals surface area (Å²) >= 11 is 0. The Bertz CT molecular complexity index is 452. The van der Waals surface area contributed by atoms with Crippen molar-refractivity contribution in [1.82, 2.24) is 14.4 Å². The summed E-state index contributed by atoms with van der Waals surface area (Å²) in [5.41, 5.74) is 1.90. The van der Waals surface area contributed by atoms with Crippen LogP contribution in [0.5, 0.6) is 0 Å². The van der Waals surface area contributed by atoms with Gasteiger partial charge in [-0.15, -0.1) is 0 Å². The lowest BCUT2D eigenvalue weighted by Crippen LogP contribution is -1.94. The molecule has 2 aromatic heterocycles. The molecule has 4 nitrogen and oxygen atoms in total. The molecule has 2 heterocycles. The van der Waals surface area contributed by atoms with E-state index in [9.17, 15) is 0 Å². The Balaban J connectivity index is 2.41. The second kappa shape index (κ2) is 3.23. The van der Waals surface area contributed by atoms with Crippen molar-refractivity contribution in [3.63, 3.8) is 0 Å². The zero-order chi connectivity index (χ0) is 9.10. The van der Waals surface area contributed by atoms with Crippen LogP contribution in [0, 0.1) is 6.57 Å². The molecule has 0 bridgehead atoms. The second-order valence-electron chi connectivity index (χ2n) is 2.69. The molecule has 0 amide bonds. The highest BCUT2D eigenvalue weighted by Crippen LogP contribution is 2.04. The molecular weight excluding hydrogens is 164 g/mol. The molecule has 0 aliphatic carbocycles. The highest BCUT2D eigenvalue weighted by Gasteiger charge is 2.02. The Hall–Kier alpha value is -1.89. The molecule has 64 valence electrons. The second-order valence-corrected chi connectivity index (χ2v) is 2.69. The normalized spacial score (nSPS) is 10.1. The predicted molar refractivity (Wildman–Crippen MR) is 48.2 cm³/mol. The van der Waals surface area contributed by atoms with Crippen molar-refractivity contribution in [1.29, 1.82) is 0 Å². The molecule has 0 aliphatic heterocycles. The maximum Gasteiger partial charge on any atom is 0.220 e. The Morgan fingerprint density at radius 2 is 2.38 bits per heavy atom. The Kier molecular flexibility index (Phi) is 1.93. The van der Waals surface area contributed by atoms with Gasteiger partial charge in [-0.1, -0.05) is 0 Å². The van der Waals surface area contributed by atoms with Crippen LogP contribution in [0.1, 0.15) is 5.69 Å². The molecule has 0 unspecified atom stereocenters. The SMILES string of the molecule is [C-]#[N+]CCc1cnc2cnccn12. The first-order valence-corrected chi connectivity index (χ1v) is 4.01. The van der Waals surface area contributed by atoms with Crippen LogP contribution in [0.3, 0.4) is 0 Å². The Morgan fingerprint density at radius 1 is 1.46 bits per heavy atom. The van der Waals surface area contributed by atoms with Crippen LogP contribution >= 0.6 is 0 Å². The topological polar surface area (TPSA) is 34.5 Å². The van der Waals surface area contributed by atoms with Gasteiger partial charge in [0, 0.05) is 24.3 Å². The number of imidazole rings is 1. The van der Waals surface area contributed by atoms with E-state index in [1.165, 1.54) is 0 Å². The number of hydrogen-bond acceptors (Lipinski definition) is 2. The fourth-order valence-corrected chi connectivity index (χ4v) is 1.25. The molecular formula is C9H8N4. The van der Waals surface area contributed by atoms with Gasteiger partial charge in [0.25, 0.3) is 0 Å². The van der Waals surface area contributed by atoms with Gasteiger partial charge in [-0.05, 0) is 0 Å². The van der Waals surface area contributed by atoms with Crippen LogP contribution in [0.2, 0.25) is 0 Å². The van der Waals surface area contributed by atoms with Gasteiger partial charge in [0.1, 0.15) is 0 Å². The maximum absolute atomic E-state index is 6.70. The van der Waals surface area contributed by atoms with Gasteiger partial charge in [-0.3, -0.25) is 4.98 Å². The van der Waals surface area contributed by atoms with E-state index in [0.29, 0.717) is 6.54 Å². The summed E-state index contributed by atoms with van der Waals surface area (Å²) < 4.78 is 1.96. The van der Waals surface area contributed by atoms with Crippen LogP contribution < -0.4 is 0 Å². The summed E-state index contributed by atoms with van der Waals surface area (Å²) in [6, 6.07) is 0. The fraction of sp³-hybridized carbons (Fsp3) is 0.222. The molecule has 0 N–H and O–H groups in total. The third-order valence-electron chi connectivity index (χ3n) is 1.87. The Labute approximate surface area is 75.7 Å². The Morgan fingerprint density at radius 3 is 3.23 bits per heavy atom. The minimum absolute atomic E-state index is 0.510. The van der Waals surface area contributed by atoms with Crippen molar-refractivity contribution in [2.45, 2.75) is 6.42 Å². The van der Waals surface area contributed by atoms with Crippen LogP contribution in [-0.2, 0) is 6.42 Å². The van der Waals surface area contributed by atoms with Gasteiger partial charge < -0.3 is 9.25 Å². The number of hydrogen-bond donors (Lipinski definition) is 0. The first kappa shape index (κ1) is 7.74. The van der Waals surface area contributed by atoms with Gasteiger partial charge >= 0.3 is 0 Å². The van der Waals surface area contributed by atoms with E-state index in [4.69, 9.17) is 6.57 Å². The number of aromatic nitrogens is 3. The molecule has 0 aromatic carbocycles. The molecule has 13 heavy (non-hydrogen) atoms. The summed E-state index contributed by atoms with van der Waals surface area (Å²) in [4.78, 5) is 11.4. The predicted octanol–water partition coefficient (Wildman–Crippen LogP) is 1.19. The zero-order valence-electron chi connectivity index (χ0n) is 7.01. The monoisotopic (exact) mass is 172 g/mol. The first-order valence-electron chi connectivity index (χ1n) is 4.01. The summed E-state index contributed by atoms with van der Waals surface area (Å²) in [5.74, 6) is 0. The molecule has 4 heteroatoms. The minimum Gasteiger partial charge on any atom is -0.317 e. The van der Waals surface area contributed by atoms with Crippen LogP contribution in [0.4, 0.5) is 0 Å². The standard InChI is InChI=1S/C9H8N4/c1-10-3-2-8-6-12-9-7-11-4-5-13(8)9/h4-7H,2-3H2. The quantitative estimate of drug-likeness (QED) is 0.638. The van der Waals surface area contributed by atoms with Gasteiger partial charge in [0.2, 0.25) is 6.54 Å². The molecule has 0 radical (unpaired) electrons. The maximum atomic E-state index is 6.70. The number of rotatable bonds is 2. The van der Waals surface area contributed by atoms with Gasteiger partial charge in [0.15, 0.2) is 5.65 Å². The van der Waals surface area contributed by atoms with E-state index in [1.807, 2.05) is 10.6 Å². The van der Waals surface area contributed by atoms with Crippen LogP contribution in [0.25, 0.3) is 10.5 Å². The van der Waals surface area contributed by atoms with Gasteiger partial charge in [-0.2, -0.15) is 0 Å². The molecule has 0 fully saturated rings. The van der Waals surface area contributed by atoms with Crippen molar-refractivity contribution in [3.05, 3.63) is 41.9 Å². The average Bonchev–Trinajstić information content (AvgIpc) is 2.58. The highest BCUT2D eigenvalue weighted by atomic mass is 15.0. The van der Waals surface area contributed by atoms with Crippen molar-refractivity contribution in [2.75, 3.05) is 6.54 Å². The van der Waals surface area contributed by atoms with Crippen molar-refractivity contribution < 1.29 is 0 Å². The smallest absolute Gasteiger partial charge is 0.220 e. The van der Waals surface area contributed by atoms with E-state index >= 15 is 0 Å². The number of fused-ring (bicyclic) bond motifs is 1. The first-order chi connectivity index (χ1) is 6.42. The zero-order valence-corrected chi connectivity index (χ0v) is 7.01. The lowest BCUT2D eigenvalue weighted by molar-refractivity contribution is 0.959. The number of nitrogens with zero attached hydrogens (tertiary/aromatic N) is 4. The third-order valence-corrected chi connectivity index (χ3v) is 1.87. The molecule has 0 saturated carbocycles. The van der Waals surface area contributed by atoms with E-state index in [2.05, 4.69) is 14.8 Å². The largest absolute Gasteiger partial charge is 0.317 e. The third kappa shape index (κ3) is 1.36. The highest BCUT2D eigenvalue weighted by molar-refractivity contribution is 5.36. The van der Waals surface area contributed by atoms with Crippen LogP contribution in [0.15, 0.2) is 24.8 Å². The molecule has 0 saturated heterocycles. The van der Waals surface area contributed by atoms with Crippen LogP contribution in [-0.4, -0.2) is 20.9 Å². The molecule has 0 atom stereocenters. The minimum atomic E-state index is 0.510. The fourth-order valence-electron chi connectivity index (χ4n) is 1.25. The summed E-state index contributed by atoms with van der Waals surface area (Å²) in [6.45, 7) is 7.21. The van der Waals surface area contributed by atoms with E-state index in [1.54, 1.807) is 18.6 Å². The van der Waals surface area contributed by atoms with Crippen molar-refractivity contribution >= 4 is 5.65 Å². The van der Waals surface area contributed by atoms with Gasteiger partial charge in [0.05, 0.1) is 12.6 Å². The van der Waals surface area contributed by atoms with E-state index in [-0.39, 0.29) is 0 Å². The summed E-state index contributed by atoms with van der Waals surface area (Å²) in [7, 11) is 0.